The first-order valence-corrected chi connectivity index (χ1v) is 8.79. The van der Waals surface area contributed by atoms with Gasteiger partial charge >= 0.3 is 0 Å². The van der Waals surface area contributed by atoms with Crippen molar-refractivity contribution < 1.29 is 9.90 Å². The molecule has 0 aromatic carbocycles. The first-order valence-electron chi connectivity index (χ1n) is 7.16. The Balaban J connectivity index is 1.97. The summed E-state index contributed by atoms with van der Waals surface area (Å²) < 4.78 is 1.68. The predicted octanol–water partition coefficient (Wildman–Crippen LogP) is 4.13. The lowest BCUT2D eigenvalue weighted by atomic mass is 10.1. The van der Waals surface area contributed by atoms with E-state index in [4.69, 9.17) is 0 Å². The number of aliphatic imine (C=N–C) groups is 1. The van der Waals surface area contributed by atoms with Gasteiger partial charge in [-0.25, -0.2) is 4.99 Å². The quantitative estimate of drug-likeness (QED) is 0.761. The molecule has 0 atom stereocenters. The molecule has 0 bridgehead atoms. The van der Waals surface area contributed by atoms with Crippen molar-refractivity contribution in [3.63, 3.8) is 0 Å². The highest BCUT2D eigenvalue weighted by Crippen LogP contribution is 2.42. The molecule has 1 amide bonds. The maximum absolute atomic E-state index is 12.5. The molecule has 0 saturated heterocycles. The van der Waals surface area contributed by atoms with Crippen molar-refractivity contribution in [2.45, 2.75) is 13.8 Å². The van der Waals surface area contributed by atoms with E-state index in [9.17, 15) is 9.90 Å². The van der Waals surface area contributed by atoms with Crippen LogP contribution in [0.4, 0.5) is 0 Å². The summed E-state index contributed by atoms with van der Waals surface area (Å²) in [6.45, 7) is 4.03. The average molecular weight is 342 g/mol. The van der Waals surface area contributed by atoms with Gasteiger partial charge in [-0.3, -0.25) is 4.79 Å². The number of thiophene rings is 2. The monoisotopic (exact) mass is 342 g/mol. The average Bonchev–Trinajstić information content (AvgIpc) is 3.23. The van der Waals surface area contributed by atoms with Gasteiger partial charge in [-0.1, -0.05) is 0 Å². The Bertz CT molecular complexity index is 989. The van der Waals surface area contributed by atoms with Crippen LogP contribution in [0.25, 0.3) is 10.6 Å². The molecule has 3 aromatic heterocycles. The Morgan fingerprint density at radius 2 is 1.61 bits per heavy atom. The summed E-state index contributed by atoms with van der Waals surface area (Å²) in [5, 5.41) is 10.6. The van der Waals surface area contributed by atoms with Crippen LogP contribution in [0, 0.1) is 13.8 Å². The van der Waals surface area contributed by atoms with Crippen molar-refractivity contribution in [2.24, 2.45) is 12.0 Å². The lowest BCUT2D eigenvalue weighted by molar-refractivity contribution is 0.101. The van der Waals surface area contributed by atoms with Gasteiger partial charge in [0.2, 0.25) is 5.88 Å². The SMILES string of the molecule is Cc1ccc(C2=NC(=O)c3c2c(O)n(C)c3-c2ccc(C)s2)s1. The van der Waals surface area contributed by atoms with E-state index >= 15 is 0 Å². The van der Waals surface area contributed by atoms with Gasteiger partial charge in [0, 0.05) is 16.8 Å². The zero-order valence-electron chi connectivity index (χ0n) is 12.9. The zero-order chi connectivity index (χ0) is 16.3. The fourth-order valence-electron chi connectivity index (χ4n) is 2.91. The molecule has 4 nitrogen and oxygen atoms in total. The van der Waals surface area contributed by atoms with Gasteiger partial charge in [0.05, 0.1) is 32.3 Å². The molecular weight excluding hydrogens is 328 g/mol. The first kappa shape index (κ1) is 14.4. The number of aromatic hydroxyl groups is 1. The maximum Gasteiger partial charge on any atom is 0.280 e. The molecule has 0 radical (unpaired) electrons. The lowest BCUT2D eigenvalue weighted by Gasteiger charge is -2.03. The van der Waals surface area contributed by atoms with Crippen molar-refractivity contribution in [1.82, 2.24) is 4.57 Å². The van der Waals surface area contributed by atoms with Gasteiger partial charge in [-0.2, -0.15) is 0 Å². The fraction of sp³-hybridized carbons (Fsp3) is 0.176. The Morgan fingerprint density at radius 3 is 2.17 bits per heavy atom. The number of hydrogen-bond acceptors (Lipinski definition) is 4. The molecule has 1 N–H and O–H groups in total. The number of aromatic nitrogens is 1. The summed E-state index contributed by atoms with van der Waals surface area (Å²) in [4.78, 5) is 20.9. The van der Waals surface area contributed by atoms with Crippen LogP contribution in [-0.4, -0.2) is 21.3 Å². The molecule has 3 aromatic rings. The van der Waals surface area contributed by atoms with Crippen molar-refractivity contribution in [2.75, 3.05) is 0 Å². The van der Waals surface area contributed by atoms with Gasteiger partial charge in [0.15, 0.2) is 0 Å². The molecule has 0 aliphatic carbocycles. The van der Waals surface area contributed by atoms with E-state index in [1.807, 2.05) is 38.1 Å². The summed E-state index contributed by atoms with van der Waals surface area (Å²) in [6.07, 6.45) is 0. The highest BCUT2D eigenvalue weighted by atomic mass is 32.1. The molecule has 0 saturated carbocycles. The topological polar surface area (TPSA) is 54.6 Å². The third-order valence-corrected chi connectivity index (χ3v) is 5.99. The van der Waals surface area contributed by atoms with Crippen LogP contribution in [0.15, 0.2) is 29.3 Å². The van der Waals surface area contributed by atoms with Crippen LogP contribution < -0.4 is 0 Å². The zero-order valence-corrected chi connectivity index (χ0v) is 14.5. The fourth-order valence-corrected chi connectivity index (χ4v) is 4.73. The van der Waals surface area contributed by atoms with Crippen LogP contribution in [0.1, 0.15) is 30.6 Å². The van der Waals surface area contributed by atoms with Crippen LogP contribution in [0.2, 0.25) is 0 Å². The summed E-state index contributed by atoms with van der Waals surface area (Å²) in [6, 6.07) is 7.94. The second kappa shape index (κ2) is 4.91. The summed E-state index contributed by atoms with van der Waals surface area (Å²) in [5.41, 5.74) is 2.39. The Labute approximate surface area is 141 Å². The van der Waals surface area contributed by atoms with Gasteiger partial charge < -0.3 is 9.67 Å². The number of carbonyl (C=O) groups excluding carboxylic acids is 1. The number of aryl methyl sites for hydroxylation is 2. The van der Waals surface area contributed by atoms with Crippen LogP contribution in [-0.2, 0) is 7.05 Å². The van der Waals surface area contributed by atoms with Crippen molar-refractivity contribution in [1.29, 1.82) is 0 Å². The van der Waals surface area contributed by atoms with E-state index in [-0.39, 0.29) is 11.8 Å². The second-order valence-electron chi connectivity index (χ2n) is 5.57. The Kier molecular flexibility index (Phi) is 3.08. The van der Waals surface area contributed by atoms with Gasteiger partial charge in [-0.05, 0) is 38.1 Å². The van der Waals surface area contributed by atoms with Crippen LogP contribution in [0.5, 0.6) is 5.88 Å². The number of amides is 1. The number of hydrogen-bond donors (Lipinski definition) is 1. The molecular formula is C17H14N2O2S2. The molecule has 1 aliphatic rings. The van der Waals surface area contributed by atoms with Crippen molar-refractivity contribution in [3.8, 4) is 16.5 Å². The number of rotatable bonds is 2. The normalized spacial score (nSPS) is 13.5. The predicted molar refractivity (Wildman–Crippen MR) is 94.2 cm³/mol. The lowest BCUT2D eigenvalue weighted by Crippen LogP contribution is -1.98. The minimum absolute atomic E-state index is 0.0942. The Morgan fingerprint density at radius 1 is 1.00 bits per heavy atom. The van der Waals surface area contributed by atoms with E-state index in [1.165, 1.54) is 0 Å². The number of fused-ring (bicyclic) bond motifs is 1. The molecule has 23 heavy (non-hydrogen) atoms. The van der Waals surface area contributed by atoms with Gasteiger partial charge in [0.1, 0.15) is 0 Å². The largest absolute Gasteiger partial charge is 0.494 e. The Hall–Kier alpha value is -2.18. The standard InChI is InChI=1S/C17H14N2O2S2/c1-8-4-6-10(22-8)14-12-13(16(20)18-14)15(19(3)17(12)21)11-7-5-9(2)23-11/h4-7,21H,1-3H3. The summed E-state index contributed by atoms with van der Waals surface area (Å²) in [7, 11) is 1.78. The number of carbonyl (C=O) groups is 1. The van der Waals surface area contributed by atoms with Crippen molar-refractivity contribution >= 4 is 34.3 Å². The second-order valence-corrected chi connectivity index (χ2v) is 8.14. The van der Waals surface area contributed by atoms with E-state index in [0.717, 1.165) is 25.2 Å². The molecule has 1 aliphatic heterocycles. The summed E-state index contributed by atoms with van der Waals surface area (Å²) >= 11 is 3.18. The highest BCUT2D eigenvalue weighted by Gasteiger charge is 2.36. The third kappa shape index (κ3) is 2.02. The van der Waals surface area contributed by atoms with Crippen molar-refractivity contribution in [3.05, 3.63) is 50.0 Å². The minimum atomic E-state index is -0.280. The number of nitrogens with zero attached hydrogens (tertiary/aromatic N) is 2. The molecule has 4 heterocycles. The molecule has 0 spiro atoms. The first-order chi connectivity index (χ1) is 11.0. The minimum Gasteiger partial charge on any atom is -0.494 e. The van der Waals surface area contributed by atoms with Gasteiger partial charge in [0.25, 0.3) is 5.91 Å². The third-order valence-electron chi connectivity index (χ3n) is 3.98. The molecule has 0 fully saturated rings. The van der Waals surface area contributed by atoms with Gasteiger partial charge in [-0.15, -0.1) is 22.7 Å². The van der Waals surface area contributed by atoms with E-state index in [1.54, 1.807) is 34.3 Å². The maximum atomic E-state index is 12.5. The van der Waals surface area contributed by atoms with Crippen LogP contribution in [0.3, 0.4) is 0 Å². The smallest absolute Gasteiger partial charge is 0.280 e. The summed E-state index contributed by atoms with van der Waals surface area (Å²) in [5.74, 6) is -0.185. The van der Waals surface area contributed by atoms with E-state index < -0.39 is 0 Å². The molecule has 6 heteroatoms. The van der Waals surface area contributed by atoms with Crippen LogP contribution >= 0.6 is 22.7 Å². The highest BCUT2D eigenvalue weighted by molar-refractivity contribution is 7.15. The van der Waals surface area contributed by atoms with E-state index in [0.29, 0.717) is 16.8 Å². The molecule has 116 valence electrons. The molecule has 0 unspecified atom stereocenters. The molecule has 4 rings (SSSR count). The van der Waals surface area contributed by atoms with E-state index in [2.05, 4.69) is 4.99 Å².